The zero-order valence-electron chi connectivity index (χ0n) is 17.5. The number of hydrogen-bond donors (Lipinski definition) is 0. The predicted molar refractivity (Wildman–Crippen MR) is 134 cm³/mol. The molecule has 0 atom stereocenters. The van der Waals surface area contributed by atoms with Gasteiger partial charge < -0.3 is 4.74 Å². The van der Waals surface area contributed by atoms with Crippen LogP contribution in [0.25, 0.3) is 22.3 Å². The molecule has 3 aromatic carbocycles. The highest BCUT2D eigenvalue weighted by Gasteiger charge is 2.14. The Labute approximate surface area is 194 Å². The van der Waals surface area contributed by atoms with Crippen LogP contribution in [0.3, 0.4) is 0 Å². The van der Waals surface area contributed by atoms with Gasteiger partial charge >= 0.3 is 0 Å². The van der Waals surface area contributed by atoms with Crippen molar-refractivity contribution in [1.29, 1.82) is 0 Å². The van der Waals surface area contributed by atoms with Gasteiger partial charge in [-0.05, 0) is 79.3 Å². The summed E-state index contributed by atoms with van der Waals surface area (Å²) in [4.78, 5) is 17.9. The lowest BCUT2D eigenvalue weighted by Crippen LogP contribution is -2.23. The molecule has 0 N–H and O–H groups in total. The van der Waals surface area contributed by atoms with Gasteiger partial charge in [-0.15, -0.1) is 0 Å². The standard InChI is InChI=1S/C25H22IN3O2/c1-25(2,3)31-22-14-13-17(15-20(22)26)16-27-29-23(18-9-5-4-6-10-18)28-21-12-8-7-11-19(21)24(29)30/h4-16H,1-3H3. The number of hydrogen-bond acceptors (Lipinski definition) is 4. The van der Waals surface area contributed by atoms with Crippen LogP contribution in [0.5, 0.6) is 5.75 Å². The highest BCUT2D eigenvalue weighted by atomic mass is 127. The van der Waals surface area contributed by atoms with Gasteiger partial charge in [0.15, 0.2) is 5.82 Å². The Morgan fingerprint density at radius 2 is 1.71 bits per heavy atom. The maximum absolute atomic E-state index is 13.2. The van der Waals surface area contributed by atoms with Crippen molar-refractivity contribution in [2.45, 2.75) is 26.4 Å². The molecule has 0 saturated heterocycles. The molecular formula is C25H22IN3O2. The van der Waals surface area contributed by atoms with E-state index in [0.29, 0.717) is 16.7 Å². The summed E-state index contributed by atoms with van der Waals surface area (Å²) in [6.45, 7) is 6.05. The second kappa shape index (κ2) is 8.63. The zero-order valence-corrected chi connectivity index (χ0v) is 19.7. The zero-order chi connectivity index (χ0) is 22.0. The molecular weight excluding hydrogens is 501 g/mol. The number of ether oxygens (including phenoxy) is 1. The van der Waals surface area contributed by atoms with Gasteiger partial charge in [0.05, 0.1) is 20.7 Å². The third-order valence-electron chi connectivity index (χ3n) is 4.48. The van der Waals surface area contributed by atoms with Crippen LogP contribution in [-0.2, 0) is 0 Å². The molecule has 0 unspecified atom stereocenters. The minimum Gasteiger partial charge on any atom is -0.487 e. The molecule has 0 spiro atoms. The minimum absolute atomic E-state index is 0.205. The van der Waals surface area contributed by atoms with E-state index in [1.165, 1.54) is 4.68 Å². The normalized spacial score (nSPS) is 11.9. The number of halogens is 1. The van der Waals surface area contributed by atoms with Crippen molar-refractivity contribution in [3.63, 3.8) is 0 Å². The largest absolute Gasteiger partial charge is 0.487 e. The second-order valence-electron chi connectivity index (χ2n) is 8.08. The van der Waals surface area contributed by atoms with Crippen molar-refractivity contribution in [3.8, 4) is 17.1 Å². The monoisotopic (exact) mass is 523 g/mol. The molecule has 6 heteroatoms. The van der Waals surface area contributed by atoms with Crippen molar-refractivity contribution in [2.75, 3.05) is 0 Å². The fourth-order valence-corrected chi connectivity index (χ4v) is 3.79. The summed E-state index contributed by atoms with van der Waals surface area (Å²) < 4.78 is 8.32. The molecule has 31 heavy (non-hydrogen) atoms. The van der Waals surface area contributed by atoms with E-state index >= 15 is 0 Å². The lowest BCUT2D eigenvalue weighted by atomic mass is 10.2. The molecule has 156 valence electrons. The third-order valence-corrected chi connectivity index (χ3v) is 5.32. The molecule has 0 aliphatic carbocycles. The number of nitrogens with zero attached hydrogens (tertiary/aromatic N) is 3. The van der Waals surface area contributed by atoms with Gasteiger partial charge in [0.25, 0.3) is 5.56 Å². The van der Waals surface area contributed by atoms with Gasteiger partial charge in [-0.25, -0.2) is 4.98 Å². The average molecular weight is 523 g/mol. The van der Waals surface area contributed by atoms with Crippen molar-refractivity contribution < 1.29 is 4.74 Å². The van der Waals surface area contributed by atoms with Crippen molar-refractivity contribution in [1.82, 2.24) is 9.66 Å². The molecule has 0 amide bonds. The van der Waals surface area contributed by atoms with Crippen LogP contribution in [-0.4, -0.2) is 21.5 Å². The molecule has 0 fully saturated rings. The van der Waals surface area contributed by atoms with Crippen LogP contribution in [0, 0.1) is 3.57 Å². The molecule has 4 aromatic rings. The molecule has 1 heterocycles. The SMILES string of the molecule is CC(C)(C)Oc1ccc(C=Nn2c(-c3ccccc3)nc3ccccc3c2=O)cc1I. The summed E-state index contributed by atoms with van der Waals surface area (Å²) in [5, 5.41) is 5.05. The van der Waals surface area contributed by atoms with Crippen molar-refractivity contribution >= 4 is 39.7 Å². The predicted octanol–water partition coefficient (Wildman–Crippen LogP) is 5.73. The van der Waals surface area contributed by atoms with Crippen LogP contribution in [0.1, 0.15) is 26.3 Å². The Morgan fingerprint density at radius 1 is 1.00 bits per heavy atom. The van der Waals surface area contributed by atoms with Gasteiger partial charge in [-0.2, -0.15) is 9.78 Å². The van der Waals surface area contributed by atoms with Crippen LogP contribution in [0.4, 0.5) is 0 Å². The minimum atomic E-state index is -0.274. The molecule has 0 radical (unpaired) electrons. The number of rotatable bonds is 4. The Balaban J connectivity index is 1.79. The van der Waals surface area contributed by atoms with E-state index in [4.69, 9.17) is 9.72 Å². The molecule has 0 aliphatic heterocycles. The van der Waals surface area contributed by atoms with Gasteiger partial charge in [0.2, 0.25) is 0 Å². The quantitative estimate of drug-likeness (QED) is 0.254. The number of benzene rings is 3. The summed E-state index contributed by atoms with van der Waals surface area (Å²) in [7, 11) is 0. The summed E-state index contributed by atoms with van der Waals surface area (Å²) in [5.41, 5.74) is 1.86. The number of para-hydroxylation sites is 1. The summed E-state index contributed by atoms with van der Waals surface area (Å²) in [6, 6.07) is 22.8. The van der Waals surface area contributed by atoms with Crippen LogP contribution >= 0.6 is 22.6 Å². The fraction of sp³-hybridized carbons (Fsp3) is 0.160. The van der Waals surface area contributed by atoms with Gasteiger partial charge in [-0.1, -0.05) is 42.5 Å². The summed E-state index contributed by atoms with van der Waals surface area (Å²) >= 11 is 2.25. The first-order chi connectivity index (χ1) is 14.8. The Bertz CT molecular complexity index is 1320. The second-order valence-corrected chi connectivity index (χ2v) is 9.25. The van der Waals surface area contributed by atoms with E-state index in [1.807, 2.05) is 87.5 Å². The lowest BCUT2D eigenvalue weighted by Gasteiger charge is -2.22. The van der Waals surface area contributed by atoms with Crippen LogP contribution in [0.2, 0.25) is 0 Å². The van der Waals surface area contributed by atoms with Gasteiger partial charge in [0, 0.05) is 5.56 Å². The highest BCUT2D eigenvalue weighted by molar-refractivity contribution is 14.1. The Hall–Kier alpha value is -3.00. The van der Waals surface area contributed by atoms with Crippen LogP contribution < -0.4 is 10.3 Å². The maximum atomic E-state index is 13.2. The van der Waals surface area contributed by atoms with E-state index < -0.39 is 0 Å². The van der Waals surface area contributed by atoms with E-state index in [9.17, 15) is 4.79 Å². The van der Waals surface area contributed by atoms with E-state index in [1.54, 1.807) is 12.3 Å². The van der Waals surface area contributed by atoms with Crippen molar-refractivity contribution in [3.05, 3.63) is 92.3 Å². The van der Waals surface area contributed by atoms with E-state index in [-0.39, 0.29) is 11.2 Å². The fourth-order valence-electron chi connectivity index (χ4n) is 3.14. The summed E-state index contributed by atoms with van der Waals surface area (Å²) in [6.07, 6.45) is 1.67. The third kappa shape index (κ3) is 4.85. The van der Waals surface area contributed by atoms with E-state index in [2.05, 4.69) is 27.7 Å². The number of aromatic nitrogens is 2. The van der Waals surface area contributed by atoms with Gasteiger partial charge in [0.1, 0.15) is 11.4 Å². The molecule has 1 aromatic heterocycles. The van der Waals surface area contributed by atoms with Crippen LogP contribution in [0.15, 0.2) is 82.7 Å². The molecule has 5 nitrogen and oxygen atoms in total. The molecule has 4 rings (SSSR count). The first-order valence-corrected chi connectivity index (χ1v) is 11.0. The summed E-state index contributed by atoms with van der Waals surface area (Å²) in [5.74, 6) is 1.32. The smallest absolute Gasteiger partial charge is 0.282 e. The highest BCUT2D eigenvalue weighted by Crippen LogP contribution is 2.25. The maximum Gasteiger partial charge on any atom is 0.282 e. The van der Waals surface area contributed by atoms with E-state index in [0.717, 1.165) is 20.4 Å². The molecule has 0 saturated carbocycles. The first-order valence-electron chi connectivity index (χ1n) is 9.92. The molecule has 0 bridgehead atoms. The lowest BCUT2D eigenvalue weighted by molar-refractivity contribution is 0.129. The number of fused-ring (bicyclic) bond motifs is 1. The topological polar surface area (TPSA) is 56.5 Å². The van der Waals surface area contributed by atoms with Gasteiger partial charge in [-0.3, -0.25) is 4.79 Å². The van der Waals surface area contributed by atoms with Crippen molar-refractivity contribution in [2.24, 2.45) is 5.10 Å². The Morgan fingerprint density at radius 3 is 2.42 bits per heavy atom. The molecule has 0 aliphatic rings. The average Bonchev–Trinajstić information content (AvgIpc) is 2.74. The Kier molecular flexibility index (Phi) is 5.91. The first kappa shape index (κ1) is 21.2.